The van der Waals surface area contributed by atoms with Crippen molar-refractivity contribution < 1.29 is 14.3 Å². The number of carbonyl (C=O) groups excluding carboxylic acids is 2. The Balaban J connectivity index is 0.00000480. The maximum Gasteiger partial charge on any atom is 0.253 e. The minimum absolute atomic E-state index is 0. The van der Waals surface area contributed by atoms with Gasteiger partial charge in [-0.1, -0.05) is 24.3 Å². The number of methoxy groups -OCH3 is 1. The maximum absolute atomic E-state index is 12.1. The summed E-state index contributed by atoms with van der Waals surface area (Å²) in [5.41, 5.74) is 2.62. The lowest BCUT2D eigenvalue weighted by atomic mass is 10.1. The number of amides is 2. The lowest BCUT2D eigenvalue weighted by Crippen LogP contribution is -2.42. The van der Waals surface area contributed by atoms with Crippen LogP contribution in [0.2, 0.25) is 0 Å². The molecule has 0 saturated carbocycles. The van der Waals surface area contributed by atoms with Crippen molar-refractivity contribution in [2.75, 3.05) is 34.8 Å². The van der Waals surface area contributed by atoms with E-state index in [0.29, 0.717) is 24.6 Å². The average molecular weight is 539 g/mol. The van der Waals surface area contributed by atoms with E-state index in [9.17, 15) is 9.59 Å². The molecule has 0 unspecified atom stereocenters. The van der Waals surface area contributed by atoms with E-state index in [2.05, 4.69) is 20.9 Å². The van der Waals surface area contributed by atoms with E-state index in [-0.39, 0.29) is 42.3 Å². The number of carbonyl (C=O) groups is 2. The van der Waals surface area contributed by atoms with Crippen LogP contribution >= 0.6 is 24.0 Å². The number of guanidine groups is 1. The summed E-state index contributed by atoms with van der Waals surface area (Å²) in [7, 11) is 6.70. The fourth-order valence-electron chi connectivity index (χ4n) is 2.60. The third kappa shape index (κ3) is 8.83. The molecule has 31 heavy (non-hydrogen) atoms. The summed E-state index contributed by atoms with van der Waals surface area (Å²) in [6.45, 7) is 1.06. The molecule has 0 fully saturated rings. The average Bonchev–Trinajstić information content (AvgIpc) is 2.77. The molecule has 0 radical (unpaired) electrons. The highest BCUT2D eigenvalue weighted by Crippen LogP contribution is 2.10. The van der Waals surface area contributed by atoms with Gasteiger partial charge in [-0.3, -0.25) is 14.6 Å². The normalized spacial score (nSPS) is 10.5. The Kier molecular flexibility index (Phi) is 11.4. The largest absolute Gasteiger partial charge is 0.497 e. The van der Waals surface area contributed by atoms with Crippen LogP contribution in [0.1, 0.15) is 21.5 Å². The Bertz CT molecular complexity index is 868. The van der Waals surface area contributed by atoms with Crippen LogP contribution in [-0.4, -0.2) is 57.5 Å². The van der Waals surface area contributed by atoms with Gasteiger partial charge in [0.25, 0.3) is 5.91 Å². The lowest BCUT2D eigenvalue weighted by Gasteiger charge is -2.13. The van der Waals surface area contributed by atoms with Crippen LogP contribution in [0.15, 0.2) is 53.5 Å². The molecular formula is C22H30IN5O3. The number of rotatable bonds is 8. The van der Waals surface area contributed by atoms with Gasteiger partial charge in [-0.15, -0.1) is 24.0 Å². The van der Waals surface area contributed by atoms with E-state index < -0.39 is 0 Å². The Morgan fingerprint density at radius 2 is 1.45 bits per heavy atom. The van der Waals surface area contributed by atoms with E-state index in [0.717, 1.165) is 16.9 Å². The molecule has 0 heterocycles. The number of nitrogens with one attached hydrogen (secondary N) is 3. The Labute approximate surface area is 200 Å². The van der Waals surface area contributed by atoms with Crippen molar-refractivity contribution in [1.29, 1.82) is 0 Å². The smallest absolute Gasteiger partial charge is 0.253 e. The Morgan fingerprint density at radius 1 is 0.903 bits per heavy atom. The van der Waals surface area contributed by atoms with Crippen molar-refractivity contribution in [2.45, 2.75) is 13.1 Å². The van der Waals surface area contributed by atoms with E-state index in [1.165, 1.54) is 0 Å². The van der Waals surface area contributed by atoms with E-state index >= 15 is 0 Å². The molecule has 168 valence electrons. The number of aliphatic imine (C=N–C) groups is 1. The van der Waals surface area contributed by atoms with Gasteiger partial charge < -0.3 is 25.6 Å². The van der Waals surface area contributed by atoms with Gasteiger partial charge in [-0.2, -0.15) is 0 Å². The molecule has 0 spiro atoms. The molecular weight excluding hydrogens is 509 g/mol. The van der Waals surface area contributed by atoms with E-state index in [1.54, 1.807) is 45.3 Å². The second kappa shape index (κ2) is 13.5. The molecule has 2 aromatic rings. The van der Waals surface area contributed by atoms with E-state index in [4.69, 9.17) is 4.74 Å². The third-order valence-corrected chi connectivity index (χ3v) is 4.36. The quantitative estimate of drug-likeness (QED) is 0.271. The second-order valence-electron chi connectivity index (χ2n) is 6.80. The molecule has 0 aliphatic heterocycles. The number of benzene rings is 2. The number of ether oxygens (including phenoxy) is 1. The van der Waals surface area contributed by atoms with Crippen molar-refractivity contribution in [1.82, 2.24) is 20.9 Å². The first-order chi connectivity index (χ1) is 14.4. The molecule has 0 saturated heterocycles. The van der Waals surface area contributed by atoms with Crippen LogP contribution in [0.4, 0.5) is 0 Å². The zero-order valence-electron chi connectivity index (χ0n) is 18.3. The van der Waals surface area contributed by atoms with Crippen LogP contribution in [-0.2, 0) is 17.9 Å². The number of hydrogen-bond acceptors (Lipinski definition) is 4. The first-order valence-electron chi connectivity index (χ1n) is 9.57. The van der Waals surface area contributed by atoms with Crippen LogP contribution in [0.5, 0.6) is 5.75 Å². The van der Waals surface area contributed by atoms with Gasteiger partial charge in [0.2, 0.25) is 5.91 Å². The minimum atomic E-state index is -0.139. The van der Waals surface area contributed by atoms with Gasteiger partial charge in [-0.05, 0) is 35.4 Å². The zero-order valence-corrected chi connectivity index (χ0v) is 20.6. The number of hydrogen-bond donors (Lipinski definition) is 3. The van der Waals surface area contributed by atoms with Crippen LogP contribution in [0.3, 0.4) is 0 Å². The summed E-state index contributed by atoms with van der Waals surface area (Å²) in [4.78, 5) is 29.7. The fourth-order valence-corrected chi connectivity index (χ4v) is 2.60. The van der Waals surface area contributed by atoms with Crippen LogP contribution in [0, 0.1) is 0 Å². The summed E-state index contributed by atoms with van der Waals surface area (Å²) in [6, 6.07) is 14.9. The van der Waals surface area contributed by atoms with Crippen molar-refractivity contribution in [3.63, 3.8) is 0 Å². The highest BCUT2D eigenvalue weighted by atomic mass is 127. The van der Waals surface area contributed by atoms with Gasteiger partial charge in [-0.25, -0.2) is 0 Å². The van der Waals surface area contributed by atoms with E-state index in [1.807, 2.05) is 36.4 Å². The van der Waals surface area contributed by atoms with Gasteiger partial charge in [0, 0.05) is 39.8 Å². The van der Waals surface area contributed by atoms with Crippen molar-refractivity contribution in [3.05, 3.63) is 65.2 Å². The molecule has 2 rings (SSSR count). The molecule has 0 aromatic heterocycles. The van der Waals surface area contributed by atoms with Gasteiger partial charge in [0.1, 0.15) is 5.75 Å². The summed E-state index contributed by atoms with van der Waals surface area (Å²) in [5.74, 6) is 1.12. The van der Waals surface area contributed by atoms with Gasteiger partial charge in [0.15, 0.2) is 5.96 Å². The summed E-state index contributed by atoms with van der Waals surface area (Å²) in [5, 5.41) is 8.99. The number of nitrogens with zero attached hydrogens (tertiary/aromatic N) is 2. The first-order valence-corrected chi connectivity index (χ1v) is 9.57. The monoisotopic (exact) mass is 539 g/mol. The van der Waals surface area contributed by atoms with Crippen molar-refractivity contribution in [2.24, 2.45) is 4.99 Å². The molecule has 0 bridgehead atoms. The van der Waals surface area contributed by atoms with Gasteiger partial charge >= 0.3 is 0 Å². The van der Waals surface area contributed by atoms with Gasteiger partial charge in [0.05, 0.1) is 13.7 Å². The summed E-state index contributed by atoms with van der Waals surface area (Å²) >= 11 is 0. The second-order valence-corrected chi connectivity index (χ2v) is 6.80. The SMILES string of the molecule is CN=C(NCC(=O)NCc1ccc(OC)cc1)NCc1ccc(C(=O)N(C)C)cc1.I. The molecule has 3 N–H and O–H groups in total. The highest BCUT2D eigenvalue weighted by molar-refractivity contribution is 14.0. The molecule has 0 aliphatic carbocycles. The molecule has 2 aromatic carbocycles. The molecule has 0 aliphatic rings. The maximum atomic E-state index is 12.1. The molecule has 8 nitrogen and oxygen atoms in total. The standard InChI is InChI=1S/C22H29N5O3.HI/c1-23-22(25-14-16-5-9-18(10-6-16)21(29)27(2)3)26-15-20(28)24-13-17-7-11-19(30-4)12-8-17;/h5-12H,13-15H2,1-4H3,(H,24,28)(H2,23,25,26);1H. The predicted octanol–water partition coefficient (Wildman–Crippen LogP) is 2.00. The summed E-state index contributed by atoms with van der Waals surface area (Å²) < 4.78 is 5.12. The minimum Gasteiger partial charge on any atom is -0.497 e. The topological polar surface area (TPSA) is 95.1 Å². The zero-order chi connectivity index (χ0) is 21.9. The molecule has 0 atom stereocenters. The Hall–Kier alpha value is -2.82. The molecule has 2 amide bonds. The highest BCUT2D eigenvalue weighted by Gasteiger charge is 2.08. The first kappa shape index (κ1) is 26.2. The van der Waals surface area contributed by atoms with Crippen molar-refractivity contribution >= 4 is 41.8 Å². The molecule has 9 heteroatoms. The van der Waals surface area contributed by atoms with Crippen LogP contribution < -0.4 is 20.7 Å². The third-order valence-electron chi connectivity index (χ3n) is 4.36. The van der Waals surface area contributed by atoms with Crippen molar-refractivity contribution in [3.8, 4) is 5.75 Å². The summed E-state index contributed by atoms with van der Waals surface area (Å²) in [6.07, 6.45) is 0. The van der Waals surface area contributed by atoms with Crippen LogP contribution in [0.25, 0.3) is 0 Å². The predicted molar refractivity (Wildman–Crippen MR) is 133 cm³/mol. The lowest BCUT2D eigenvalue weighted by molar-refractivity contribution is -0.120. The Morgan fingerprint density at radius 3 is 1.97 bits per heavy atom. The fraction of sp³-hybridized carbons (Fsp3) is 0.318. The number of halogens is 1.